The molecule has 0 bridgehead atoms. The van der Waals surface area contributed by atoms with Gasteiger partial charge in [-0.05, 0) is 36.8 Å². The van der Waals surface area contributed by atoms with E-state index in [0.717, 1.165) is 15.5 Å². The van der Waals surface area contributed by atoms with Crippen molar-refractivity contribution in [3.63, 3.8) is 0 Å². The third kappa shape index (κ3) is 5.93. The SMILES string of the molecule is Cc1c(Cl)cccc1N(CC(=O)NCCSc1ccccc1)S(C)(=O)=O. The van der Waals surface area contributed by atoms with Gasteiger partial charge in [0.25, 0.3) is 0 Å². The van der Waals surface area contributed by atoms with Gasteiger partial charge in [0.2, 0.25) is 15.9 Å². The Labute approximate surface area is 163 Å². The number of hydrogen-bond acceptors (Lipinski definition) is 4. The minimum Gasteiger partial charge on any atom is -0.354 e. The van der Waals surface area contributed by atoms with Crippen LogP contribution in [0.2, 0.25) is 5.02 Å². The van der Waals surface area contributed by atoms with Gasteiger partial charge in [0, 0.05) is 22.2 Å². The number of sulfonamides is 1. The maximum Gasteiger partial charge on any atom is 0.240 e. The van der Waals surface area contributed by atoms with Gasteiger partial charge in [-0.2, -0.15) is 0 Å². The van der Waals surface area contributed by atoms with Gasteiger partial charge in [-0.25, -0.2) is 8.42 Å². The van der Waals surface area contributed by atoms with Crippen LogP contribution >= 0.6 is 23.4 Å². The number of rotatable bonds is 8. The Kier molecular flexibility index (Phi) is 7.37. The number of benzene rings is 2. The summed E-state index contributed by atoms with van der Waals surface area (Å²) in [6.45, 7) is 1.89. The molecule has 0 atom stereocenters. The van der Waals surface area contributed by atoms with Crippen LogP contribution in [0.4, 0.5) is 5.69 Å². The van der Waals surface area contributed by atoms with E-state index in [-0.39, 0.29) is 12.5 Å². The highest BCUT2D eigenvalue weighted by atomic mass is 35.5. The van der Waals surface area contributed by atoms with Gasteiger partial charge in [0.05, 0.1) is 11.9 Å². The van der Waals surface area contributed by atoms with Crippen LogP contribution in [-0.2, 0) is 14.8 Å². The van der Waals surface area contributed by atoms with E-state index in [1.807, 2.05) is 30.3 Å². The summed E-state index contributed by atoms with van der Waals surface area (Å²) < 4.78 is 25.4. The topological polar surface area (TPSA) is 66.5 Å². The first kappa shape index (κ1) is 20.6. The lowest BCUT2D eigenvalue weighted by Crippen LogP contribution is -2.41. The average molecular weight is 413 g/mol. The van der Waals surface area contributed by atoms with Crippen molar-refractivity contribution < 1.29 is 13.2 Å². The summed E-state index contributed by atoms with van der Waals surface area (Å²) in [5.74, 6) is 0.341. The summed E-state index contributed by atoms with van der Waals surface area (Å²) in [5, 5.41) is 3.21. The first-order valence-electron chi connectivity index (χ1n) is 7.96. The lowest BCUT2D eigenvalue weighted by atomic mass is 10.2. The molecule has 140 valence electrons. The Balaban J connectivity index is 1.96. The van der Waals surface area contributed by atoms with Crippen LogP contribution in [0.1, 0.15) is 5.56 Å². The molecule has 0 fully saturated rings. The zero-order valence-corrected chi connectivity index (χ0v) is 17.0. The van der Waals surface area contributed by atoms with Crippen LogP contribution in [0.5, 0.6) is 0 Å². The minimum atomic E-state index is -3.62. The van der Waals surface area contributed by atoms with E-state index in [4.69, 9.17) is 11.6 Å². The zero-order chi connectivity index (χ0) is 19.2. The number of carbonyl (C=O) groups is 1. The fraction of sp³-hybridized carbons (Fsp3) is 0.278. The summed E-state index contributed by atoms with van der Waals surface area (Å²) in [5.41, 5.74) is 1.03. The van der Waals surface area contributed by atoms with Crippen molar-refractivity contribution in [2.45, 2.75) is 11.8 Å². The van der Waals surface area contributed by atoms with E-state index in [0.29, 0.717) is 28.6 Å². The lowest BCUT2D eigenvalue weighted by Gasteiger charge is -2.24. The van der Waals surface area contributed by atoms with Crippen molar-refractivity contribution in [2.75, 3.05) is 29.4 Å². The number of anilines is 1. The first-order chi connectivity index (χ1) is 12.3. The normalized spacial score (nSPS) is 11.2. The van der Waals surface area contributed by atoms with E-state index in [1.165, 1.54) is 0 Å². The molecule has 0 unspecified atom stereocenters. The molecule has 0 aromatic heterocycles. The van der Waals surface area contributed by atoms with Crippen molar-refractivity contribution in [2.24, 2.45) is 0 Å². The van der Waals surface area contributed by atoms with E-state index >= 15 is 0 Å². The number of halogens is 1. The average Bonchev–Trinajstić information content (AvgIpc) is 2.59. The molecule has 1 N–H and O–H groups in total. The zero-order valence-electron chi connectivity index (χ0n) is 14.6. The van der Waals surface area contributed by atoms with Crippen LogP contribution < -0.4 is 9.62 Å². The van der Waals surface area contributed by atoms with Gasteiger partial charge in [0.15, 0.2) is 0 Å². The smallest absolute Gasteiger partial charge is 0.240 e. The summed E-state index contributed by atoms with van der Waals surface area (Å²) in [7, 11) is -3.62. The highest BCUT2D eigenvalue weighted by Crippen LogP contribution is 2.28. The molecule has 26 heavy (non-hydrogen) atoms. The lowest BCUT2D eigenvalue weighted by molar-refractivity contribution is -0.119. The van der Waals surface area contributed by atoms with Crippen molar-refractivity contribution in [3.8, 4) is 0 Å². The Morgan fingerprint density at radius 2 is 1.85 bits per heavy atom. The highest BCUT2D eigenvalue weighted by Gasteiger charge is 2.22. The Bertz CT molecular complexity index is 858. The maximum atomic E-state index is 12.2. The molecule has 0 aliphatic heterocycles. The molecule has 0 aliphatic rings. The molecule has 0 aliphatic carbocycles. The second-order valence-electron chi connectivity index (χ2n) is 5.67. The van der Waals surface area contributed by atoms with E-state index in [2.05, 4.69) is 5.32 Å². The number of nitrogens with one attached hydrogen (secondary N) is 1. The van der Waals surface area contributed by atoms with Gasteiger partial charge >= 0.3 is 0 Å². The van der Waals surface area contributed by atoms with Crippen molar-refractivity contribution in [3.05, 3.63) is 59.1 Å². The maximum absolute atomic E-state index is 12.2. The molecule has 8 heteroatoms. The van der Waals surface area contributed by atoms with Crippen LogP contribution in [0.3, 0.4) is 0 Å². The fourth-order valence-corrected chi connectivity index (χ4v) is 4.18. The number of thioether (sulfide) groups is 1. The molecular formula is C18H21ClN2O3S2. The molecule has 2 rings (SSSR count). The Hall–Kier alpha value is -1.70. The van der Waals surface area contributed by atoms with Gasteiger partial charge in [-0.15, -0.1) is 11.8 Å². The van der Waals surface area contributed by atoms with Crippen LogP contribution in [0.15, 0.2) is 53.4 Å². The second-order valence-corrected chi connectivity index (χ2v) is 9.15. The molecule has 5 nitrogen and oxygen atoms in total. The number of nitrogens with zero attached hydrogens (tertiary/aromatic N) is 1. The molecule has 1 amide bonds. The Morgan fingerprint density at radius 1 is 1.15 bits per heavy atom. The minimum absolute atomic E-state index is 0.282. The van der Waals surface area contributed by atoms with Crippen LogP contribution in [-0.4, -0.2) is 39.4 Å². The number of hydrogen-bond donors (Lipinski definition) is 1. The summed E-state index contributed by atoms with van der Waals surface area (Å²) >= 11 is 7.70. The van der Waals surface area contributed by atoms with Gasteiger partial charge in [-0.3, -0.25) is 9.10 Å². The van der Waals surface area contributed by atoms with Crippen molar-refractivity contribution in [1.82, 2.24) is 5.32 Å². The molecule has 0 spiro atoms. The summed E-state index contributed by atoms with van der Waals surface area (Å²) in [6.07, 6.45) is 1.08. The largest absolute Gasteiger partial charge is 0.354 e. The molecule has 0 radical (unpaired) electrons. The van der Waals surface area contributed by atoms with Gasteiger partial charge in [0.1, 0.15) is 6.54 Å². The standard InChI is InChI=1S/C18H21ClN2O3S2/c1-14-16(19)9-6-10-17(14)21(26(2,23)24)13-18(22)20-11-12-25-15-7-4-3-5-8-15/h3-10H,11-13H2,1-2H3,(H,20,22). The predicted octanol–water partition coefficient (Wildman–Crippen LogP) is 3.32. The molecular weight excluding hydrogens is 392 g/mol. The van der Waals surface area contributed by atoms with Crippen molar-refractivity contribution >= 4 is 45.0 Å². The molecule has 2 aromatic carbocycles. The van der Waals surface area contributed by atoms with E-state index in [1.54, 1.807) is 36.9 Å². The van der Waals surface area contributed by atoms with E-state index in [9.17, 15) is 13.2 Å². The summed E-state index contributed by atoms with van der Waals surface area (Å²) in [6, 6.07) is 14.8. The summed E-state index contributed by atoms with van der Waals surface area (Å²) in [4.78, 5) is 13.3. The second kappa shape index (κ2) is 9.30. The van der Waals surface area contributed by atoms with Crippen LogP contribution in [0, 0.1) is 6.92 Å². The quantitative estimate of drug-likeness (QED) is 0.533. The van der Waals surface area contributed by atoms with E-state index < -0.39 is 10.0 Å². The molecule has 0 saturated heterocycles. The molecule has 2 aromatic rings. The van der Waals surface area contributed by atoms with Crippen molar-refractivity contribution in [1.29, 1.82) is 0 Å². The number of carbonyl (C=O) groups excluding carboxylic acids is 1. The Morgan fingerprint density at radius 3 is 2.50 bits per heavy atom. The third-order valence-electron chi connectivity index (χ3n) is 3.63. The van der Waals surface area contributed by atoms with Gasteiger partial charge < -0.3 is 5.32 Å². The monoisotopic (exact) mass is 412 g/mol. The fourth-order valence-electron chi connectivity index (χ4n) is 2.31. The number of amides is 1. The third-order valence-corrected chi connectivity index (χ3v) is 6.18. The predicted molar refractivity (Wildman–Crippen MR) is 109 cm³/mol. The van der Waals surface area contributed by atoms with Crippen LogP contribution in [0.25, 0.3) is 0 Å². The highest BCUT2D eigenvalue weighted by molar-refractivity contribution is 7.99. The van der Waals surface area contributed by atoms with Gasteiger partial charge in [-0.1, -0.05) is 35.9 Å². The first-order valence-corrected chi connectivity index (χ1v) is 11.2. The molecule has 0 heterocycles. The molecule has 0 saturated carbocycles.